The third kappa shape index (κ3) is 40.3. The van der Waals surface area contributed by atoms with E-state index in [1.807, 2.05) is 147 Å². The van der Waals surface area contributed by atoms with Gasteiger partial charge in [-0.25, -0.2) is 0 Å². The number of carbonyl (C=O) groups is 1. The number of carbonyl (C=O) groups excluding carboxylic acids is 1. The van der Waals surface area contributed by atoms with Crippen LogP contribution in [0.15, 0.2) is 162 Å². The number of aliphatic hydroxyl groups excluding tert-OH is 4. The van der Waals surface area contributed by atoms with Crippen molar-refractivity contribution in [2.75, 3.05) is 39.6 Å². The van der Waals surface area contributed by atoms with Crippen molar-refractivity contribution in [3.63, 3.8) is 0 Å². The average Bonchev–Trinajstić information content (AvgIpc) is 3.93. The van der Waals surface area contributed by atoms with Crippen LogP contribution in [0.5, 0.6) is 0 Å². The fourth-order valence-electron chi connectivity index (χ4n) is 5.22. The van der Waals surface area contributed by atoms with Crippen LogP contribution in [0.1, 0.15) is 76.5 Å². The van der Waals surface area contributed by atoms with Crippen LogP contribution in [0, 0.1) is 33.8 Å². The van der Waals surface area contributed by atoms with Gasteiger partial charge in [0.05, 0.1) is 26.4 Å². The Hall–Kier alpha value is -2.10. The second-order valence-electron chi connectivity index (χ2n) is 14.2. The molecule has 2 unspecified atom stereocenters. The van der Waals surface area contributed by atoms with Gasteiger partial charge in [0.15, 0.2) is 0 Å². The first-order chi connectivity index (χ1) is 31.5. The van der Waals surface area contributed by atoms with Crippen molar-refractivity contribution in [3.05, 3.63) is 213 Å². The van der Waals surface area contributed by atoms with Gasteiger partial charge in [0.1, 0.15) is 25.1 Å². The molecule has 67 heavy (non-hydrogen) atoms. The van der Waals surface area contributed by atoms with E-state index >= 15 is 0 Å². The SMILES string of the molecule is C1CCOC1.CCO.Cc1c[c-]ccc1.Cc1cccc(Br)c1.Cc1cccc(C(O)CO)c1.Cc1cccc(C(O)COCc2ccccc2)c1.II.O=CCOCc1ccccc1.[Br-].[Mg+2]. The van der Waals surface area contributed by atoms with Gasteiger partial charge in [-0.3, -0.25) is 0 Å². The van der Waals surface area contributed by atoms with Crippen LogP contribution in [0.2, 0.25) is 0 Å². The largest absolute Gasteiger partial charge is 2.00 e. The van der Waals surface area contributed by atoms with Gasteiger partial charge in [-0.1, -0.05) is 161 Å². The molecule has 4 N–H and O–H groups in total. The minimum Gasteiger partial charge on any atom is -1.00 e. The van der Waals surface area contributed by atoms with E-state index in [9.17, 15) is 15.0 Å². The van der Waals surface area contributed by atoms with Crippen LogP contribution in [0.25, 0.3) is 0 Å². The fraction of sp³-hybridized carbons (Fsp3) is 0.315. The molecule has 1 heterocycles. The van der Waals surface area contributed by atoms with Crippen LogP contribution in [0.3, 0.4) is 0 Å². The molecule has 13 heteroatoms. The summed E-state index contributed by atoms with van der Waals surface area (Å²) in [4.78, 5) is 9.87. The predicted octanol–water partition coefficient (Wildman–Crippen LogP) is 9.41. The van der Waals surface area contributed by atoms with Gasteiger partial charge in [-0.2, -0.15) is 35.9 Å². The zero-order chi connectivity index (χ0) is 48.3. The zero-order valence-electron chi connectivity index (χ0n) is 39.5. The molecule has 0 aromatic heterocycles. The topological polar surface area (TPSA) is 126 Å². The van der Waals surface area contributed by atoms with E-state index in [2.05, 4.69) is 91.3 Å². The van der Waals surface area contributed by atoms with Crippen molar-refractivity contribution in [2.24, 2.45) is 0 Å². The number of rotatable bonds is 11. The van der Waals surface area contributed by atoms with E-state index in [0.29, 0.717) is 19.8 Å². The van der Waals surface area contributed by atoms with Gasteiger partial charge in [0, 0.05) is 61.5 Å². The van der Waals surface area contributed by atoms with Gasteiger partial charge in [-0.15, -0.1) is 0 Å². The Morgan fingerprint density at radius 2 is 1.10 bits per heavy atom. The normalized spacial score (nSPS) is 11.2. The van der Waals surface area contributed by atoms with Crippen molar-refractivity contribution in [3.8, 4) is 0 Å². The van der Waals surface area contributed by atoms with E-state index in [1.54, 1.807) is 13.0 Å². The van der Waals surface area contributed by atoms with Crippen LogP contribution in [-0.4, -0.2) is 89.4 Å². The summed E-state index contributed by atoms with van der Waals surface area (Å²) in [5.41, 5.74) is 8.69. The molecule has 362 valence electrons. The van der Waals surface area contributed by atoms with Gasteiger partial charge in [0.25, 0.3) is 0 Å². The first-order valence-corrected chi connectivity index (χ1v) is 28.4. The molecular formula is C54H68Br2I2MgO8. The molecule has 7 rings (SSSR count). The molecule has 0 bridgehead atoms. The van der Waals surface area contributed by atoms with Gasteiger partial charge >= 0.3 is 23.1 Å². The van der Waals surface area contributed by atoms with E-state index in [0.717, 1.165) is 57.4 Å². The van der Waals surface area contributed by atoms with Crippen molar-refractivity contribution in [1.29, 1.82) is 0 Å². The van der Waals surface area contributed by atoms with Gasteiger partial charge < -0.3 is 56.4 Å². The molecule has 6 aromatic rings. The third-order valence-corrected chi connectivity index (χ3v) is 8.87. The molecule has 1 aliphatic rings. The Labute approximate surface area is 459 Å². The summed E-state index contributed by atoms with van der Waals surface area (Å²) in [5.74, 6) is 0. The number of benzene rings is 6. The molecule has 2 atom stereocenters. The van der Waals surface area contributed by atoms with Crippen LogP contribution < -0.4 is 17.0 Å². The van der Waals surface area contributed by atoms with Crippen molar-refractivity contribution in [1.82, 2.24) is 0 Å². The number of hydrogen-bond acceptors (Lipinski definition) is 8. The summed E-state index contributed by atoms with van der Waals surface area (Å²) < 4.78 is 16.6. The first-order valence-electron chi connectivity index (χ1n) is 21.3. The summed E-state index contributed by atoms with van der Waals surface area (Å²) in [7, 11) is 0. The van der Waals surface area contributed by atoms with E-state index in [-0.39, 0.29) is 59.9 Å². The quantitative estimate of drug-likeness (QED) is 0.0333. The van der Waals surface area contributed by atoms with Gasteiger partial charge in [0.2, 0.25) is 0 Å². The van der Waals surface area contributed by atoms with E-state index in [4.69, 9.17) is 24.4 Å². The Kier molecular flexibility index (Phi) is 50.5. The summed E-state index contributed by atoms with van der Waals surface area (Å²) >= 11 is 7.60. The number of aldehydes is 1. The fourth-order valence-corrected chi connectivity index (χ4v) is 5.73. The Balaban J connectivity index is -0.000000742. The van der Waals surface area contributed by atoms with Crippen molar-refractivity contribution >= 4 is 82.5 Å². The summed E-state index contributed by atoms with van der Waals surface area (Å²) in [6.45, 7) is 13.3. The maximum atomic E-state index is 10.00. The van der Waals surface area contributed by atoms with Crippen LogP contribution in [-0.2, 0) is 32.2 Å². The smallest absolute Gasteiger partial charge is 1.00 e. The number of aryl methyl sites for hydroxylation is 4. The number of aliphatic hydroxyl groups is 4. The monoisotopic (exact) mass is 1280 g/mol. The minimum atomic E-state index is -0.741. The Bertz CT molecular complexity index is 1960. The first kappa shape index (κ1) is 69.2. The molecule has 0 spiro atoms. The Morgan fingerprint density at radius 3 is 1.45 bits per heavy atom. The van der Waals surface area contributed by atoms with Crippen LogP contribution in [0.4, 0.5) is 0 Å². The zero-order valence-corrected chi connectivity index (χ0v) is 48.4. The molecule has 0 amide bonds. The molecule has 0 saturated carbocycles. The second kappa shape index (κ2) is 48.9. The molecule has 1 fully saturated rings. The summed E-state index contributed by atoms with van der Waals surface area (Å²) in [5, 5.41) is 35.4. The number of hydrogen-bond donors (Lipinski definition) is 4. The average molecular weight is 1280 g/mol. The number of ether oxygens (including phenoxy) is 3. The molecule has 0 aliphatic carbocycles. The maximum absolute atomic E-state index is 10.00. The molecule has 1 aliphatic heterocycles. The Morgan fingerprint density at radius 1 is 0.657 bits per heavy atom. The summed E-state index contributed by atoms with van der Waals surface area (Å²) in [6, 6.07) is 54.1. The molecule has 0 radical (unpaired) electrons. The standard InChI is InChI=1S/C16H18O2.C9H12O2.C9H10O2.C7H7Br.C7H7.C4H8O.C2H6O.BrH.I2.Mg/c1-13-6-5-9-15(10-13)16(17)12-18-11-14-7-3-2-4-8-14;1-7-3-2-4-8(5-7)9(11)6-10;10-6-7-11-8-9-4-2-1-3-5-9;1-6-3-2-4-7(8)5-6;1-7-5-3-2-4-6-7;1-2-4-5-3-1;1-2-3;;1-2;/h2-10,16-17H,11-12H2,1H3;2-5,9-11H,6H2,1H3;1-6H,7-8H2;2-5H,1H3;2-3,5-6H,1H3;1-4H2;3H,2H2,1H3;1H;;/q;;;;-1;;;;;+2/p-1. The second-order valence-corrected chi connectivity index (χ2v) is 15.1. The third-order valence-electron chi connectivity index (χ3n) is 8.38. The maximum Gasteiger partial charge on any atom is 2.00 e. The van der Waals surface area contributed by atoms with Crippen molar-refractivity contribution in [2.45, 2.75) is 72.9 Å². The molecular weight excluding hydrogens is 1210 g/mol. The van der Waals surface area contributed by atoms with Crippen molar-refractivity contribution < 1.29 is 56.4 Å². The summed E-state index contributed by atoms with van der Waals surface area (Å²) in [6.07, 6.45) is 2.01. The van der Waals surface area contributed by atoms with Crippen LogP contribution >= 0.6 is 53.2 Å². The minimum absolute atomic E-state index is 0. The molecule has 8 nitrogen and oxygen atoms in total. The number of halogens is 4. The van der Waals surface area contributed by atoms with E-state index in [1.165, 1.54) is 24.0 Å². The molecule has 1 saturated heterocycles. The van der Waals surface area contributed by atoms with E-state index < -0.39 is 12.2 Å². The van der Waals surface area contributed by atoms with Gasteiger partial charge in [-0.05, 0) is 74.9 Å². The predicted molar refractivity (Wildman–Crippen MR) is 293 cm³/mol. The molecule has 6 aromatic carbocycles.